The van der Waals surface area contributed by atoms with E-state index in [4.69, 9.17) is 11.5 Å². The van der Waals surface area contributed by atoms with Crippen LogP contribution in [0.2, 0.25) is 0 Å². The van der Waals surface area contributed by atoms with Crippen LogP contribution in [0.4, 0.5) is 0 Å². The smallest absolute Gasteiger partial charge is 0.243 e. The molecule has 4 atom stereocenters. The third kappa shape index (κ3) is 8.67. The van der Waals surface area contributed by atoms with Crippen molar-refractivity contribution in [3.63, 3.8) is 0 Å². The van der Waals surface area contributed by atoms with Crippen LogP contribution in [-0.2, 0) is 28.8 Å². The molecular formula is C23H40N8O6. The van der Waals surface area contributed by atoms with E-state index in [-0.39, 0.29) is 38.0 Å². The topological polar surface area (TPSA) is 209 Å². The second kappa shape index (κ2) is 15.1. The van der Waals surface area contributed by atoms with Crippen molar-refractivity contribution in [3.05, 3.63) is 0 Å². The third-order valence-electron chi connectivity index (χ3n) is 6.58. The number of amides is 6. The summed E-state index contributed by atoms with van der Waals surface area (Å²) in [7, 11) is 0. The fourth-order valence-corrected chi connectivity index (χ4v) is 4.66. The van der Waals surface area contributed by atoms with Gasteiger partial charge in [-0.05, 0) is 58.5 Å². The van der Waals surface area contributed by atoms with Crippen LogP contribution in [-0.4, -0.2) is 109 Å². The van der Waals surface area contributed by atoms with Crippen LogP contribution in [0.15, 0.2) is 0 Å². The van der Waals surface area contributed by atoms with E-state index in [1.54, 1.807) is 0 Å². The molecule has 0 spiro atoms. The van der Waals surface area contributed by atoms with Gasteiger partial charge >= 0.3 is 0 Å². The van der Waals surface area contributed by atoms with Gasteiger partial charge in [-0.1, -0.05) is 0 Å². The van der Waals surface area contributed by atoms with Gasteiger partial charge in [0.2, 0.25) is 35.9 Å². The predicted octanol–water partition coefficient (Wildman–Crippen LogP) is -3.48. The molecule has 0 radical (unpaired) electrons. The maximum atomic E-state index is 12.9. The predicted molar refractivity (Wildman–Crippen MR) is 133 cm³/mol. The van der Waals surface area contributed by atoms with Gasteiger partial charge in [0.25, 0.3) is 0 Å². The quantitative estimate of drug-likeness (QED) is 0.125. The molecule has 0 aromatic rings. The Morgan fingerprint density at radius 1 is 0.865 bits per heavy atom. The van der Waals surface area contributed by atoms with Crippen molar-refractivity contribution in [2.45, 2.75) is 69.6 Å². The van der Waals surface area contributed by atoms with Crippen LogP contribution in [0.3, 0.4) is 0 Å². The molecule has 37 heavy (non-hydrogen) atoms. The molecule has 14 nitrogen and oxygen atoms in total. The molecule has 0 saturated carbocycles. The highest BCUT2D eigenvalue weighted by Crippen LogP contribution is 2.19. The third-order valence-corrected chi connectivity index (χ3v) is 6.58. The molecule has 14 heteroatoms. The van der Waals surface area contributed by atoms with Crippen molar-refractivity contribution in [2.24, 2.45) is 11.5 Å². The molecule has 0 aromatic carbocycles. The van der Waals surface area contributed by atoms with Crippen LogP contribution in [0.5, 0.6) is 0 Å². The number of nitrogens with two attached hydrogens (primary N) is 2. The summed E-state index contributed by atoms with van der Waals surface area (Å²) in [6.07, 6.45) is 3.41. The number of nitrogens with zero attached hydrogens (tertiary/aromatic N) is 2. The summed E-state index contributed by atoms with van der Waals surface area (Å²) < 4.78 is 0. The van der Waals surface area contributed by atoms with E-state index in [2.05, 4.69) is 21.3 Å². The number of rotatable bonds is 14. The second-order valence-corrected chi connectivity index (χ2v) is 9.33. The van der Waals surface area contributed by atoms with Crippen LogP contribution in [0.1, 0.15) is 45.4 Å². The Hall–Kier alpha value is -3.26. The first-order valence-electron chi connectivity index (χ1n) is 12.8. The highest BCUT2D eigenvalue weighted by molar-refractivity contribution is 5.95. The highest BCUT2D eigenvalue weighted by Gasteiger charge is 2.37. The summed E-state index contributed by atoms with van der Waals surface area (Å²) >= 11 is 0. The zero-order valence-electron chi connectivity index (χ0n) is 21.4. The van der Waals surface area contributed by atoms with Crippen molar-refractivity contribution in [2.75, 3.05) is 39.3 Å². The molecule has 0 unspecified atom stereocenters. The first kappa shape index (κ1) is 30.0. The van der Waals surface area contributed by atoms with Crippen molar-refractivity contribution in [1.82, 2.24) is 31.1 Å². The van der Waals surface area contributed by atoms with E-state index < -0.39 is 41.8 Å². The molecule has 0 aliphatic carbocycles. The van der Waals surface area contributed by atoms with Gasteiger partial charge in [-0.2, -0.15) is 0 Å². The molecule has 2 aliphatic rings. The van der Waals surface area contributed by atoms with E-state index in [9.17, 15) is 28.8 Å². The molecule has 208 valence electrons. The van der Waals surface area contributed by atoms with E-state index in [1.165, 1.54) is 9.80 Å². The molecule has 2 heterocycles. The Kier molecular flexibility index (Phi) is 12.2. The molecule has 2 aliphatic heterocycles. The lowest BCUT2D eigenvalue weighted by Crippen LogP contribution is -2.55. The minimum Gasteiger partial charge on any atom is -0.352 e. The maximum Gasteiger partial charge on any atom is 0.243 e. The van der Waals surface area contributed by atoms with Gasteiger partial charge in [0.05, 0.1) is 13.1 Å². The fourth-order valence-electron chi connectivity index (χ4n) is 4.66. The molecule has 2 fully saturated rings. The highest BCUT2D eigenvalue weighted by atomic mass is 16.2. The van der Waals surface area contributed by atoms with E-state index in [0.29, 0.717) is 58.1 Å². The van der Waals surface area contributed by atoms with Gasteiger partial charge in [0.15, 0.2) is 0 Å². The van der Waals surface area contributed by atoms with Crippen molar-refractivity contribution in [3.8, 4) is 0 Å². The van der Waals surface area contributed by atoms with E-state index in [1.807, 2.05) is 6.92 Å². The molecule has 0 aromatic heterocycles. The number of carbonyl (C=O) groups is 6. The fraction of sp³-hybridized carbons (Fsp3) is 0.739. The lowest BCUT2D eigenvalue weighted by Gasteiger charge is -2.27. The number of hydrogen-bond donors (Lipinski definition) is 6. The Morgan fingerprint density at radius 3 is 1.95 bits per heavy atom. The summed E-state index contributed by atoms with van der Waals surface area (Å²) in [5.74, 6) is -2.12. The molecule has 8 N–H and O–H groups in total. The van der Waals surface area contributed by atoms with Gasteiger partial charge in [-0.3, -0.25) is 28.8 Å². The molecule has 2 saturated heterocycles. The number of carbonyl (C=O) groups excluding carboxylic acids is 6. The SMILES string of the molecule is C[C@H](CCN)NC(=O)[C@H]1CCCN1C(=O)CNC(=O)[C@H](CCN)NC(=O)[C@H]1CCCN1C(=O)CNC=O. The normalized spacial score (nSPS) is 20.6. The zero-order valence-corrected chi connectivity index (χ0v) is 21.4. The van der Waals surface area contributed by atoms with Crippen LogP contribution in [0, 0.1) is 0 Å². The number of nitrogens with one attached hydrogen (secondary N) is 4. The monoisotopic (exact) mass is 524 g/mol. The Bertz CT molecular complexity index is 840. The van der Waals surface area contributed by atoms with Crippen LogP contribution >= 0.6 is 0 Å². The van der Waals surface area contributed by atoms with Crippen molar-refractivity contribution in [1.29, 1.82) is 0 Å². The summed E-state index contributed by atoms with van der Waals surface area (Å²) in [6, 6.07) is -2.47. The summed E-state index contributed by atoms with van der Waals surface area (Å²) in [5.41, 5.74) is 11.2. The van der Waals surface area contributed by atoms with E-state index >= 15 is 0 Å². The first-order valence-corrected chi connectivity index (χ1v) is 12.8. The first-order chi connectivity index (χ1) is 17.7. The lowest BCUT2D eigenvalue weighted by molar-refractivity contribution is -0.140. The van der Waals surface area contributed by atoms with Gasteiger partial charge in [0.1, 0.15) is 18.1 Å². The largest absolute Gasteiger partial charge is 0.352 e. The van der Waals surface area contributed by atoms with Gasteiger partial charge in [-0.15, -0.1) is 0 Å². The van der Waals surface area contributed by atoms with Crippen LogP contribution in [0.25, 0.3) is 0 Å². The Balaban J connectivity index is 1.92. The molecule has 6 amide bonds. The summed E-state index contributed by atoms with van der Waals surface area (Å²) in [4.78, 5) is 76.7. The Labute approximate surface area is 216 Å². The number of hydrogen-bond acceptors (Lipinski definition) is 8. The Morgan fingerprint density at radius 2 is 1.41 bits per heavy atom. The molecule has 0 bridgehead atoms. The van der Waals surface area contributed by atoms with Gasteiger partial charge < -0.3 is 42.5 Å². The zero-order chi connectivity index (χ0) is 27.4. The average molecular weight is 525 g/mol. The molecular weight excluding hydrogens is 484 g/mol. The van der Waals surface area contributed by atoms with Gasteiger partial charge in [0, 0.05) is 19.1 Å². The number of likely N-dealkylation sites (tertiary alicyclic amines) is 2. The summed E-state index contributed by atoms with van der Waals surface area (Å²) in [5, 5.41) is 10.3. The molecule has 2 rings (SSSR count). The minimum absolute atomic E-state index is 0.109. The maximum absolute atomic E-state index is 12.9. The van der Waals surface area contributed by atoms with Crippen LogP contribution < -0.4 is 32.7 Å². The second-order valence-electron chi connectivity index (χ2n) is 9.33. The summed E-state index contributed by atoms with van der Waals surface area (Å²) in [6.45, 7) is 2.63. The van der Waals surface area contributed by atoms with Gasteiger partial charge in [-0.25, -0.2) is 0 Å². The lowest BCUT2D eigenvalue weighted by atomic mass is 10.1. The van der Waals surface area contributed by atoms with Crippen molar-refractivity contribution >= 4 is 35.9 Å². The minimum atomic E-state index is -0.995. The van der Waals surface area contributed by atoms with E-state index in [0.717, 1.165) is 0 Å². The average Bonchev–Trinajstić information content (AvgIpc) is 3.55. The standard InChI is InChI=1S/C23H40N8O6/c1-15(6-8-24)28-22(36)17-4-2-11-31(17)20(34)13-27-21(35)16(7-9-25)29-23(37)18-5-3-10-30(18)19(33)12-26-14-32/h14-18H,2-13,24-25H2,1H3,(H,26,32)(H,27,35)(H,28,36)(H,29,37)/t15-,16+,17-,18-/m1/s1. The van der Waals surface area contributed by atoms with Crippen molar-refractivity contribution < 1.29 is 28.8 Å².